The lowest BCUT2D eigenvalue weighted by Crippen LogP contribution is -2.36. The summed E-state index contributed by atoms with van der Waals surface area (Å²) in [4.78, 5) is 37.9. The zero-order valence-corrected chi connectivity index (χ0v) is 15.4. The highest BCUT2D eigenvalue weighted by Gasteiger charge is 2.21. The van der Waals surface area contributed by atoms with Gasteiger partial charge in [-0.25, -0.2) is 4.79 Å². The molecule has 0 atom stereocenters. The second-order valence-electron chi connectivity index (χ2n) is 6.56. The van der Waals surface area contributed by atoms with Gasteiger partial charge in [0.15, 0.2) is 6.61 Å². The molecule has 2 aromatic rings. The molecule has 3 rings (SSSR count). The smallest absolute Gasteiger partial charge is 0.341 e. The van der Waals surface area contributed by atoms with Crippen molar-refractivity contribution in [1.82, 2.24) is 4.90 Å². The molecule has 0 unspecified atom stereocenters. The average Bonchev–Trinajstić information content (AvgIpc) is 2.73. The molecule has 0 saturated carbocycles. The number of nitrogens with zero attached hydrogens (tertiary/aromatic N) is 1. The Kier molecular flexibility index (Phi) is 6.26. The fraction of sp³-hybridized carbons (Fsp3) is 0.286. The van der Waals surface area contributed by atoms with E-state index in [1.54, 1.807) is 42.5 Å². The van der Waals surface area contributed by atoms with Crippen molar-refractivity contribution in [1.29, 1.82) is 0 Å². The Labute approximate surface area is 162 Å². The van der Waals surface area contributed by atoms with Gasteiger partial charge in [0.2, 0.25) is 0 Å². The Morgan fingerprint density at radius 2 is 1.75 bits per heavy atom. The molecule has 2 N–H and O–H groups in total. The summed E-state index contributed by atoms with van der Waals surface area (Å²) >= 11 is 0. The predicted molar refractivity (Wildman–Crippen MR) is 104 cm³/mol. The number of carboxylic acid groups (broad SMARTS) is 1. The largest absolute Gasteiger partial charge is 0.482 e. The molecule has 1 aliphatic heterocycles. The predicted octanol–water partition coefficient (Wildman–Crippen LogP) is 3.03. The third-order valence-electron chi connectivity index (χ3n) is 4.51. The maximum atomic E-state index is 12.8. The fourth-order valence-corrected chi connectivity index (χ4v) is 3.11. The second-order valence-corrected chi connectivity index (χ2v) is 6.56. The van der Waals surface area contributed by atoms with Gasteiger partial charge in [-0.05, 0) is 49.6 Å². The third kappa shape index (κ3) is 4.88. The number of carbonyl (C=O) groups is 3. The molecule has 0 bridgehead atoms. The van der Waals surface area contributed by atoms with Gasteiger partial charge in [-0.15, -0.1) is 0 Å². The Bertz CT molecular complexity index is 875. The van der Waals surface area contributed by atoms with E-state index in [1.807, 2.05) is 4.90 Å². The molecule has 1 saturated heterocycles. The summed E-state index contributed by atoms with van der Waals surface area (Å²) in [5, 5.41) is 11.5. The van der Waals surface area contributed by atoms with Crippen LogP contribution in [0.5, 0.6) is 5.75 Å². The molecule has 1 aliphatic rings. The molecule has 0 radical (unpaired) electrons. The van der Waals surface area contributed by atoms with Gasteiger partial charge in [0.1, 0.15) is 5.75 Å². The number of aliphatic carboxylic acids is 1. The highest BCUT2D eigenvalue weighted by atomic mass is 16.5. The number of hydrogen-bond donors (Lipinski definition) is 2. The van der Waals surface area contributed by atoms with E-state index in [2.05, 4.69) is 5.32 Å². The maximum Gasteiger partial charge on any atom is 0.341 e. The van der Waals surface area contributed by atoms with Gasteiger partial charge in [0.25, 0.3) is 11.8 Å². The first-order valence-corrected chi connectivity index (χ1v) is 9.19. The number of benzene rings is 2. The lowest BCUT2D eigenvalue weighted by molar-refractivity contribution is -0.139. The minimum absolute atomic E-state index is 0.0888. The quantitative estimate of drug-likeness (QED) is 0.801. The number of nitrogens with one attached hydrogen (secondary N) is 1. The first-order valence-electron chi connectivity index (χ1n) is 9.19. The fourth-order valence-electron chi connectivity index (χ4n) is 3.11. The van der Waals surface area contributed by atoms with E-state index in [-0.39, 0.29) is 11.7 Å². The highest BCUT2D eigenvalue weighted by Crippen LogP contribution is 2.21. The number of para-hydroxylation sites is 1. The lowest BCUT2D eigenvalue weighted by atomic mass is 10.1. The van der Waals surface area contributed by atoms with Crippen molar-refractivity contribution < 1.29 is 24.2 Å². The lowest BCUT2D eigenvalue weighted by Gasteiger charge is -2.27. The van der Waals surface area contributed by atoms with Crippen LogP contribution in [0.4, 0.5) is 5.69 Å². The molecule has 2 amide bonds. The van der Waals surface area contributed by atoms with E-state index >= 15 is 0 Å². The normalized spacial score (nSPS) is 13.6. The topological polar surface area (TPSA) is 95.9 Å². The molecule has 7 nitrogen and oxygen atoms in total. The molecule has 28 heavy (non-hydrogen) atoms. The third-order valence-corrected chi connectivity index (χ3v) is 4.51. The zero-order chi connectivity index (χ0) is 19.9. The first-order chi connectivity index (χ1) is 13.5. The number of anilines is 1. The molecular formula is C21H22N2O5. The van der Waals surface area contributed by atoms with Gasteiger partial charge in [-0.2, -0.15) is 0 Å². The van der Waals surface area contributed by atoms with Crippen LogP contribution in [-0.4, -0.2) is 47.5 Å². The number of hydrogen-bond acceptors (Lipinski definition) is 4. The Balaban J connectivity index is 1.75. The SMILES string of the molecule is O=C(O)COc1cccc(C(=O)Nc2ccccc2C(=O)N2CCCCC2)c1. The van der Waals surface area contributed by atoms with Crippen molar-refractivity contribution in [3.63, 3.8) is 0 Å². The summed E-state index contributed by atoms with van der Waals surface area (Å²) < 4.78 is 5.11. The van der Waals surface area contributed by atoms with Gasteiger partial charge in [0, 0.05) is 18.7 Å². The Morgan fingerprint density at radius 3 is 2.50 bits per heavy atom. The summed E-state index contributed by atoms with van der Waals surface area (Å²) in [5.74, 6) is -1.30. The van der Waals surface area contributed by atoms with Crippen LogP contribution in [0.1, 0.15) is 40.0 Å². The molecule has 1 heterocycles. The van der Waals surface area contributed by atoms with Crippen LogP contribution in [0.2, 0.25) is 0 Å². The standard InChI is InChI=1S/C21H22N2O5/c24-19(25)14-28-16-8-6-7-15(13-16)20(26)22-18-10-3-2-9-17(18)21(27)23-11-4-1-5-12-23/h2-3,6-10,13H,1,4-5,11-12,14H2,(H,22,26)(H,24,25). The van der Waals surface area contributed by atoms with E-state index in [9.17, 15) is 14.4 Å². The van der Waals surface area contributed by atoms with Crippen LogP contribution < -0.4 is 10.1 Å². The van der Waals surface area contributed by atoms with Crippen LogP contribution in [0.25, 0.3) is 0 Å². The van der Waals surface area contributed by atoms with Crippen molar-refractivity contribution >= 4 is 23.5 Å². The van der Waals surface area contributed by atoms with Gasteiger partial charge < -0.3 is 20.1 Å². The van der Waals surface area contributed by atoms with Gasteiger partial charge in [-0.3, -0.25) is 9.59 Å². The molecule has 2 aromatic carbocycles. The molecule has 1 fully saturated rings. The minimum Gasteiger partial charge on any atom is -0.482 e. The highest BCUT2D eigenvalue weighted by molar-refractivity contribution is 6.09. The first kappa shape index (κ1) is 19.4. The summed E-state index contributed by atoms with van der Waals surface area (Å²) in [6.07, 6.45) is 3.11. The van der Waals surface area contributed by atoms with Crippen LogP contribution >= 0.6 is 0 Å². The monoisotopic (exact) mass is 382 g/mol. The number of carbonyl (C=O) groups excluding carboxylic acids is 2. The van der Waals surface area contributed by atoms with Crippen molar-refractivity contribution in [3.05, 3.63) is 59.7 Å². The van der Waals surface area contributed by atoms with Crippen LogP contribution in [0, 0.1) is 0 Å². The van der Waals surface area contributed by atoms with E-state index in [1.165, 1.54) is 6.07 Å². The van der Waals surface area contributed by atoms with E-state index in [0.29, 0.717) is 16.8 Å². The molecule has 146 valence electrons. The number of carboxylic acids is 1. The number of ether oxygens (including phenoxy) is 1. The van der Waals surface area contributed by atoms with Gasteiger partial charge in [0.05, 0.1) is 11.3 Å². The summed E-state index contributed by atoms with van der Waals surface area (Å²) in [6, 6.07) is 13.2. The number of amides is 2. The average molecular weight is 382 g/mol. The van der Waals surface area contributed by atoms with Crippen LogP contribution in [-0.2, 0) is 4.79 Å². The number of likely N-dealkylation sites (tertiary alicyclic amines) is 1. The van der Waals surface area contributed by atoms with Crippen molar-refractivity contribution in [3.8, 4) is 5.75 Å². The molecule has 0 aromatic heterocycles. The number of piperidine rings is 1. The second kappa shape index (κ2) is 9.03. The maximum absolute atomic E-state index is 12.8. The van der Waals surface area contributed by atoms with Gasteiger partial charge >= 0.3 is 5.97 Å². The zero-order valence-electron chi connectivity index (χ0n) is 15.4. The van der Waals surface area contributed by atoms with Crippen LogP contribution in [0.15, 0.2) is 48.5 Å². The Hall–Kier alpha value is -3.35. The Morgan fingerprint density at radius 1 is 1.00 bits per heavy atom. The number of rotatable bonds is 6. The summed E-state index contributed by atoms with van der Waals surface area (Å²) in [7, 11) is 0. The molecule has 0 spiro atoms. The molecule has 0 aliphatic carbocycles. The van der Waals surface area contributed by atoms with Crippen LogP contribution in [0.3, 0.4) is 0 Å². The summed E-state index contributed by atoms with van der Waals surface area (Å²) in [5.41, 5.74) is 1.21. The van der Waals surface area contributed by atoms with Crippen molar-refractivity contribution in [2.75, 3.05) is 25.0 Å². The summed E-state index contributed by atoms with van der Waals surface area (Å²) in [6.45, 7) is 0.965. The van der Waals surface area contributed by atoms with E-state index in [0.717, 1.165) is 32.4 Å². The van der Waals surface area contributed by atoms with Crippen molar-refractivity contribution in [2.24, 2.45) is 0 Å². The molecular weight excluding hydrogens is 360 g/mol. The molecule has 7 heteroatoms. The minimum atomic E-state index is -1.10. The van der Waals surface area contributed by atoms with E-state index < -0.39 is 18.5 Å². The van der Waals surface area contributed by atoms with Crippen molar-refractivity contribution in [2.45, 2.75) is 19.3 Å². The van der Waals surface area contributed by atoms with Gasteiger partial charge in [-0.1, -0.05) is 18.2 Å². The van der Waals surface area contributed by atoms with E-state index in [4.69, 9.17) is 9.84 Å².